The van der Waals surface area contributed by atoms with Crippen LogP contribution in [-0.2, 0) is 14.3 Å². The van der Waals surface area contributed by atoms with E-state index >= 15 is 0 Å². The number of alkyl carbamates (subject to hydrolysis) is 1. The van der Waals surface area contributed by atoms with Crippen molar-refractivity contribution in [1.29, 1.82) is 0 Å². The molecule has 1 saturated carbocycles. The molecule has 1 rings (SSSR count). The Hall–Kier alpha value is -1.52. The lowest BCUT2D eigenvalue weighted by Gasteiger charge is -2.22. The maximum Gasteiger partial charge on any atom is 0.408 e. The molecule has 0 saturated heterocycles. The predicted octanol–water partition coefficient (Wildman–Crippen LogP) is 3.44. The number of ether oxygens (including phenoxy) is 2. The number of rotatable bonds is 3. The fourth-order valence-electron chi connectivity index (χ4n) is 1.27. The summed E-state index contributed by atoms with van der Waals surface area (Å²) < 4.78 is 9.97. The van der Waals surface area contributed by atoms with E-state index in [0.29, 0.717) is 19.4 Å². The van der Waals surface area contributed by atoms with Gasteiger partial charge >= 0.3 is 12.1 Å². The molecule has 1 N–H and O–H groups in total. The molecule has 5 heteroatoms. The maximum atomic E-state index is 11.5. The Bertz CT molecular complexity index is 303. The van der Waals surface area contributed by atoms with Gasteiger partial charge in [-0.05, 0) is 40.5 Å². The van der Waals surface area contributed by atoms with Gasteiger partial charge in [0.15, 0.2) is 0 Å². The Balaban J connectivity index is 0. The van der Waals surface area contributed by atoms with Gasteiger partial charge in [0.1, 0.15) is 11.1 Å². The van der Waals surface area contributed by atoms with Crippen LogP contribution in [0.25, 0.3) is 0 Å². The lowest BCUT2D eigenvalue weighted by Crippen LogP contribution is -2.46. The van der Waals surface area contributed by atoms with Crippen molar-refractivity contribution in [1.82, 2.24) is 5.32 Å². The molecule has 0 unspecified atom stereocenters. The molecule has 118 valence electrons. The van der Waals surface area contributed by atoms with Crippen molar-refractivity contribution in [3.05, 3.63) is 13.2 Å². The average molecular weight is 287 g/mol. The molecule has 1 amide bonds. The molecule has 0 aromatic heterocycles. The molecule has 0 radical (unpaired) electrons. The van der Waals surface area contributed by atoms with Crippen LogP contribution in [-0.4, -0.2) is 29.8 Å². The highest BCUT2D eigenvalue weighted by atomic mass is 16.6. The van der Waals surface area contributed by atoms with E-state index in [0.717, 1.165) is 0 Å². The normalized spacial score (nSPS) is 14.5. The van der Waals surface area contributed by atoms with E-state index < -0.39 is 17.2 Å². The van der Waals surface area contributed by atoms with Gasteiger partial charge in [-0.15, -0.1) is 13.2 Å². The molecule has 0 atom stereocenters. The van der Waals surface area contributed by atoms with Gasteiger partial charge in [0.25, 0.3) is 0 Å². The topological polar surface area (TPSA) is 64.6 Å². The summed E-state index contributed by atoms with van der Waals surface area (Å²) >= 11 is 0. The van der Waals surface area contributed by atoms with Crippen molar-refractivity contribution in [3.63, 3.8) is 0 Å². The zero-order chi connectivity index (χ0) is 16.4. The standard InChI is InChI=1S/C11H19NO4.C2H6.C2H4/c1-5-15-8(13)11(6-7-11)12-9(14)16-10(2,3)4;2*1-2/h5-7H2,1-4H3,(H,12,14);1-2H3;1-2H2. The van der Waals surface area contributed by atoms with Crippen molar-refractivity contribution in [3.8, 4) is 0 Å². The summed E-state index contributed by atoms with van der Waals surface area (Å²) in [5, 5.41) is 2.57. The molecule has 1 aliphatic carbocycles. The number of hydrogen-bond acceptors (Lipinski definition) is 4. The van der Waals surface area contributed by atoms with Crippen molar-refractivity contribution < 1.29 is 19.1 Å². The van der Waals surface area contributed by atoms with Gasteiger partial charge in [0.05, 0.1) is 6.61 Å². The summed E-state index contributed by atoms with van der Waals surface area (Å²) in [6.07, 6.45) is 0.661. The number of esters is 1. The lowest BCUT2D eigenvalue weighted by molar-refractivity contribution is -0.146. The van der Waals surface area contributed by atoms with E-state index in [1.165, 1.54) is 0 Å². The Morgan fingerprint density at radius 3 is 1.95 bits per heavy atom. The third-order valence-corrected chi connectivity index (χ3v) is 2.16. The summed E-state index contributed by atoms with van der Waals surface area (Å²) in [5.74, 6) is -0.374. The first-order valence-electron chi connectivity index (χ1n) is 6.97. The quantitative estimate of drug-likeness (QED) is 0.638. The summed E-state index contributed by atoms with van der Waals surface area (Å²) in [5.41, 5.74) is -1.40. The summed E-state index contributed by atoms with van der Waals surface area (Å²) in [7, 11) is 0. The van der Waals surface area contributed by atoms with Gasteiger partial charge in [-0.1, -0.05) is 13.8 Å². The Morgan fingerprint density at radius 1 is 1.20 bits per heavy atom. The van der Waals surface area contributed by atoms with E-state index in [9.17, 15) is 9.59 Å². The van der Waals surface area contributed by atoms with Gasteiger partial charge in [-0.2, -0.15) is 0 Å². The molecule has 0 aromatic rings. The van der Waals surface area contributed by atoms with Crippen molar-refractivity contribution in [2.24, 2.45) is 0 Å². The lowest BCUT2D eigenvalue weighted by atomic mass is 10.2. The van der Waals surface area contributed by atoms with E-state index in [1.807, 2.05) is 13.8 Å². The predicted molar refractivity (Wildman–Crippen MR) is 80.6 cm³/mol. The first-order valence-corrected chi connectivity index (χ1v) is 6.97. The van der Waals surface area contributed by atoms with Gasteiger partial charge in [0.2, 0.25) is 0 Å². The van der Waals surface area contributed by atoms with E-state index in [2.05, 4.69) is 18.5 Å². The number of carbonyl (C=O) groups is 2. The van der Waals surface area contributed by atoms with Gasteiger partial charge in [-0.25, -0.2) is 9.59 Å². The molecule has 0 spiro atoms. The van der Waals surface area contributed by atoms with Crippen LogP contribution < -0.4 is 5.32 Å². The molecule has 1 aliphatic rings. The molecule has 1 fully saturated rings. The number of amides is 1. The fourth-order valence-corrected chi connectivity index (χ4v) is 1.27. The second-order valence-electron chi connectivity index (χ2n) is 4.93. The molecule has 0 heterocycles. The SMILES string of the molecule is C=C.CC.CCOC(=O)C1(NC(=O)OC(C)(C)C)CC1. The van der Waals surface area contributed by atoms with Crippen LogP contribution in [0, 0.1) is 0 Å². The summed E-state index contributed by atoms with van der Waals surface area (Å²) in [4.78, 5) is 23.0. The molecule has 0 aliphatic heterocycles. The van der Waals surface area contributed by atoms with Gasteiger partial charge < -0.3 is 14.8 Å². The third kappa shape index (κ3) is 7.81. The molecular formula is C15H29NO4. The van der Waals surface area contributed by atoms with Crippen molar-refractivity contribution in [2.45, 2.75) is 65.5 Å². The first-order chi connectivity index (χ1) is 9.29. The third-order valence-electron chi connectivity index (χ3n) is 2.16. The fraction of sp³-hybridized carbons (Fsp3) is 0.733. The number of carbonyl (C=O) groups excluding carboxylic acids is 2. The Labute approximate surface area is 122 Å². The van der Waals surface area contributed by atoms with Crippen molar-refractivity contribution >= 4 is 12.1 Å². The molecule has 0 aromatic carbocycles. The summed E-state index contributed by atoms with van der Waals surface area (Å²) in [6.45, 7) is 17.4. The van der Waals surface area contributed by atoms with Crippen LogP contribution in [0.5, 0.6) is 0 Å². The molecule has 20 heavy (non-hydrogen) atoms. The molecule has 5 nitrogen and oxygen atoms in total. The minimum atomic E-state index is -0.835. The smallest absolute Gasteiger partial charge is 0.408 e. The molecular weight excluding hydrogens is 258 g/mol. The average Bonchev–Trinajstić information content (AvgIpc) is 3.13. The van der Waals surface area contributed by atoms with E-state index in [-0.39, 0.29) is 5.97 Å². The zero-order valence-corrected chi connectivity index (χ0v) is 13.7. The Kier molecular flexibility index (Phi) is 9.77. The minimum Gasteiger partial charge on any atom is -0.464 e. The largest absolute Gasteiger partial charge is 0.464 e. The highest BCUT2D eigenvalue weighted by Crippen LogP contribution is 2.36. The van der Waals surface area contributed by atoms with Crippen LogP contribution in [0.1, 0.15) is 54.4 Å². The zero-order valence-electron chi connectivity index (χ0n) is 13.7. The molecule has 0 bridgehead atoms. The highest BCUT2D eigenvalue weighted by molar-refractivity contribution is 5.88. The van der Waals surface area contributed by atoms with E-state index in [4.69, 9.17) is 9.47 Å². The number of nitrogens with one attached hydrogen (secondary N) is 1. The Morgan fingerprint density at radius 2 is 1.65 bits per heavy atom. The second kappa shape index (κ2) is 9.39. The van der Waals surface area contributed by atoms with Crippen LogP contribution in [0.3, 0.4) is 0 Å². The van der Waals surface area contributed by atoms with Crippen molar-refractivity contribution in [2.75, 3.05) is 6.61 Å². The first kappa shape index (κ1) is 20.8. The van der Waals surface area contributed by atoms with Crippen LogP contribution in [0.15, 0.2) is 13.2 Å². The van der Waals surface area contributed by atoms with Gasteiger partial charge in [0, 0.05) is 0 Å². The second-order valence-corrected chi connectivity index (χ2v) is 4.93. The van der Waals surface area contributed by atoms with E-state index in [1.54, 1.807) is 27.7 Å². The van der Waals surface area contributed by atoms with Gasteiger partial charge in [-0.3, -0.25) is 0 Å². The highest BCUT2D eigenvalue weighted by Gasteiger charge is 2.53. The monoisotopic (exact) mass is 287 g/mol. The maximum absolute atomic E-state index is 11.5. The summed E-state index contributed by atoms with van der Waals surface area (Å²) in [6, 6.07) is 0. The van der Waals surface area contributed by atoms with Crippen LogP contribution in [0.4, 0.5) is 4.79 Å². The number of hydrogen-bond donors (Lipinski definition) is 1. The van der Waals surface area contributed by atoms with Crippen LogP contribution >= 0.6 is 0 Å². The minimum absolute atomic E-state index is 0.316. The van der Waals surface area contributed by atoms with Crippen LogP contribution in [0.2, 0.25) is 0 Å².